The lowest BCUT2D eigenvalue weighted by atomic mass is 10.1. The average Bonchev–Trinajstić information content (AvgIpc) is 3.45. The van der Waals surface area contributed by atoms with Crippen LogP contribution >= 0.6 is 11.8 Å². The van der Waals surface area contributed by atoms with Crippen molar-refractivity contribution in [1.82, 2.24) is 9.88 Å². The van der Waals surface area contributed by atoms with E-state index < -0.39 is 0 Å². The van der Waals surface area contributed by atoms with Crippen molar-refractivity contribution in [2.24, 2.45) is 0 Å². The molecule has 0 saturated heterocycles. The molecule has 1 aliphatic carbocycles. The van der Waals surface area contributed by atoms with E-state index >= 15 is 0 Å². The maximum Gasteiger partial charge on any atom is 0.322 e. The van der Waals surface area contributed by atoms with E-state index in [-0.39, 0.29) is 6.03 Å². The van der Waals surface area contributed by atoms with Gasteiger partial charge in [-0.2, -0.15) is 11.8 Å². The van der Waals surface area contributed by atoms with Gasteiger partial charge in [0.15, 0.2) is 0 Å². The molecule has 5 heteroatoms. The lowest BCUT2D eigenvalue weighted by Crippen LogP contribution is -2.36. The number of benzene rings is 1. The fraction of sp³-hybridized carbons (Fsp3) is 0.368. The van der Waals surface area contributed by atoms with Crippen LogP contribution < -0.4 is 5.32 Å². The van der Waals surface area contributed by atoms with Crippen LogP contribution in [-0.2, 0) is 13.0 Å². The number of rotatable bonds is 7. The molecule has 3 rings (SSSR count). The largest absolute Gasteiger partial charge is 0.322 e. The molecule has 24 heavy (non-hydrogen) atoms. The number of amides is 2. The summed E-state index contributed by atoms with van der Waals surface area (Å²) in [6, 6.07) is 12.4. The first-order valence-corrected chi connectivity index (χ1v) is 9.70. The number of nitrogens with one attached hydrogen (secondary N) is 1. The highest BCUT2D eigenvalue weighted by atomic mass is 32.2. The van der Waals surface area contributed by atoms with Crippen molar-refractivity contribution in [2.45, 2.75) is 31.8 Å². The van der Waals surface area contributed by atoms with Crippen LogP contribution in [0.3, 0.4) is 0 Å². The third kappa shape index (κ3) is 4.74. The Labute approximate surface area is 147 Å². The molecule has 1 saturated carbocycles. The van der Waals surface area contributed by atoms with Crippen LogP contribution in [0.25, 0.3) is 0 Å². The standard InChI is InChI=1S/C19H23N3OS/c1-24-13-10-15-2-4-17(5-3-15)21-19(23)22(18-6-7-18)14-16-8-11-20-12-9-16/h2-5,8-9,11-12,18H,6-7,10,13-14H2,1H3,(H,21,23). The summed E-state index contributed by atoms with van der Waals surface area (Å²) in [6.45, 7) is 0.630. The molecule has 1 aromatic heterocycles. The summed E-state index contributed by atoms with van der Waals surface area (Å²) in [7, 11) is 0. The summed E-state index contributed by atoms with van der Waals surface area (Å²) in [6.07, 6.45) is 8.89. The Bertz CT molecular complexity index is 656. The Morgan fingerprint density at radius 3 is 2.50 bits per heavy atom. The quantitative estimate of drug-likeness (QED) is 0.821. The molecule has 4 nitrogen and oxygen atoms in total. The Balaban J connectivity index is 1.61. The fourth-order valence-corrected chi connectivity index (χ4v) is 3.05. The summed E-state index contributed by atoms with van der Waals surface area (Å²) >= 11 is 1.85. The SMILES string of the molecule is CSCCc1ccc(NC(=O)N(Cc2ccncc2)C2CC2)cc1. The van der Waals surface area contributed by atoms with E-state index in [1.807, 2.05) is 40.9 Å². The number of thioether (sulfide) groups is 1. The molecule has 1 heterocycles. The Morgan fingerprint density at radius 2 is 1.88 bits per heavy atom. The molecule has 126 valence electrons. The number of carbonyl (C=O) groups excluding carboxylic acids is 1. The van der Waals surface area contributed by atoms with Crippen LogP contribution in [0.1, 0.15) is 24.0 Å². The molecule has 0 unspecified atom stereocenters. The van der Waals surface area contributed by atoms with Crippen molar-refractivity contribution in [3.05, 3.63) is 59.9 Å². The van der Waals surface area contributed by atoms with Gasteiger partial charge in [0, 0.05) is 30.7 Å². The number of aromatic nitrogens is 1. The van der Waals surface area contributed by atoms with Gasteiger partial charge in [0.25, 0.3) is 0 Å². The lowest BCUT2D eigenvalue weighted by molar-refractivity contribution is 0.206. The van der Waals surface area contributed by atoms with Gasteiger partial charge in [-0.3, -0.25) is 4.98 Å². The highest BCUT2D eigenvalue weighted by Crippen LogP contribution is 2.29. The van der Waals surface area contributed by atoms with Crippen molar-refractivity contribution >= 4 is 23.5 Å². The third-order valence-corrected chi connectivity index (χ3v) is 4.76. The van der Waals surface area contributed by atoms with Crippen molar-refractivity contribution in [2.75, 3.05) is 17.3 Å². The lowest BCUT2D eigenvalue weighted by Gasteiger charge is -2.23. The van der Waals surface area contributed by atoms with Crippen molar-refractivity contribution < 1.29 is 4.79 Å². The first-order valence-electron chi connectivity index (χ1n) is 8.30. The van der Waals surface area contributed by atoms with Crippen LogP contribution in [0.4, 0.5) is 10.5 Å². The van der Waals surface area contributed by atoms with Gasteiger partial charge in [0.2, 0.25) is 0 Å². The number of hydrogen-bond acceptors (Lipinski definition) is 3. The fourth-order valence-electron chi connectivity index (χ4n) is 2.61. The van der Waals surface area contributed by atoms with Gasteiger partial charge in [-0.1, -0.05) is 12.1 Å². The van der Waals surface area contributed by atoms with Crippen LogP contribution in [-0.4, -0.2) is 34.0 Å². The van der Waals surface area contributed by atoms with Crippen LogP contribution in [0.2, 0.25) is 0 Å². The van der Waals surface area contributed by atoms with Crippen molar-refractivity contribution in [3.8, 4) is 0 Å². The predicted molar refractivity (Wildman–Crippen MR) is 100 cm³/mol. The molecular formula is C19H23N3OS. The number of hydrogen-bond donors (Lipinski definition) is 1. The van der Waals surface area contributed by atoms with E-state index in [0.717, 1.165) is 36.3 Å². The maximum atomic E-state index is 12.7. The van der Waals surface area contributed by atoms with E-state index in [1.54, 1.807) is 12.4 Å². The first-order chi connectivity index (χ1) is 11.8. The first kappa shape index (κ1) is 16.8. The second-order valence-electron chi connectivity index (χ2n) is 6.08. The zero-order valence-electron chi connectivity index (χ0n) is 13.9. The van der Waals surface area contributed by atoms with Gasteiger partial charge in [-0.15, -0.1) is 0 Å². The molecule has 0 spiro atoms. The molecule has 0 atom stereocenters. The summed E-state index contributed by atoms with van der Waals surface area (Å²) in [5.41, 5.74) is 3.27. The highest BCUT2D eigenvalue weighted by molar-refractivity contribution is 7.98. The molecule has 2 aromatic rings. The minimum Gasteiger partial charge on any atom is -0.317 e. The molecule has 1 aromatic carbocycles. The molecule has 0 bridgehead atoms. The van der Waals surface area contributed by atoms with E-state index in [2.05, 4.69) is 28.7 Å². The van der Waals surface area contributed by atoms with Gasteiger partial charge < -0.3 is 10.2 Å². The molecular weight excluding hydrogens is 318 g/mol. The maximum absolute atomic E-state index is 12.7. The number of urea groups is 1. The smallest absolute Gasteiger partial charge is 0.317 e. The summed E-state index contributed by atoms with van der Waals surface area (Å²) in [5, 5.41) is 3.03. The second kappa shape index (κ2) is 8.20. The molecule has 0 aliphatic heterocycles. The Hall–Kier alpha value is -2.01. The van der Waals surface area contributed by atoms with Crippen molar-refractivity contribution in [1.29, 1.82) is 0 Å². The van der Waals surface area contributed by atoms with Gasteiger partial charge in [0.05, 0.1) is 0 Å². The number of nitrogens with zero attached hydrogens (tertiary/aromatic N) is 2. The number of pyridine rings is 1. The minimum atomic E-state index is -0.0221. The number of carbonyl (C=O) groups is 1. The second-order valence-corrected chi connectivity index (χ2v) is 7.07. The van der Waals surface area contributed by atoms with Crippen LogP contribution in [0.5, 0.6) is 0 Å². The third-order valence-electron chi connectivity index (χ3n) is 4.15. The highest BCUT2D eigenvalue weighted by Gasteiger charge is 2.32. The normalized spacial score (nSPS) is 13.5. The zero-order chi connectivity index (χ0) is 16.8. The summed E-state index contributed by atoms with van der Waals surface area (Å²) < 4.78 is 0. The molecule has 0 radical (unpaired) electrons. The van der Waals surface area contributed by atoms with E-state index in [1.165, 1.54) is 5.56 Å². The van der Waals surface area contributed by atoms with Gasteiger partial charge >= 0.3 is 6.03 Å². The number of aryl methyl sites for hydroxylation is 1. The van der Waals surface area contributed by atoms with Gasteiger partial charge in [-0.25, -0.2) is 4.79 Å². The number of anilines is 1. The van der Waals surface area contributed by atoms with Crippen LogP contribution in [0.15, 0.2) is 48.8 Å². The average molecular weight is 341 g/mol. The van der Waals surface area contributed by atoms with Crippen molar-refractivity contribution in [3.63, 3.8) is 0 Å². The minimum absolute atomic E-state index is 0.0221. The van der Waals surface area contributed by atoms with E-state index in [9.17, 15) is 4.79 Å². The van der Waals surface area contributed by atoms with Gasteiger partial charge in [-0.05, 0) is 66.7 Å². The topological polar surface area (TPSA) is 45.2 Å². The summed E-state index contributed by atoms with van der Waals surface area (Å²) in [5.74, 6) is 1.12. The van der Waals surface area contributed by atoms with E-state index in [4.69, 9.17) is 0 Å². The molecule has 1 fully saturated rings. The molecule has 1 aliphatic rings. The summed E-state index contributed by atoms with van der Waals surface area (Å²) in [4.78, 5) is 18.6. The van der Waals surface area contributed by atoms with Crippen LogP contribution in [0, 0.1) is 0 Å². The predicted octanol–water partition coefficient (Wildman–Crippen LogP) is 4.18. The zero-order valence-corrected chi connectivity index (χ0v) is 14.8. The Morgan fingerprint density at radius 1 is 1.17 bits per heavy atom. The molecule has 1 N–H and O–H groups in total. The van der Waals surface area contributed by atoms with E-state index in [0.29, 0.717) is 12.6 Å². The molecule has 2 amide bonds. The monoisotopic (exact) mass is 341 g/mol. The van der Waals surface area contributed by atoms with Gasteiger partial charge in [0.1, 0.15) is 0 Å². The Kier molecular flexibility index (Phi) is 5.75.